The van der Waals surface area contributed by atoms with Gasteiger partial charge in [-0.2, -0.15) is 0 Å². The van der Waals surface area contributed by atoms with Crippen LogP contribution in [0.1, 0.15) is 17.3 Å². The van der Waals surface area contributed by atoms with Gasteiger partial charge in [0.05, 0.1) is 24.2 Å². The van der Waals surface area contributed by atoms with Crippen molar-refractivity contribution >= 4 is 22.6 Å². The summed E-state index contributed by atoms with van der Waals surface area (Å²) in [4.78, 5) is 21.8. The van der Waals surface area contributed by atoms with Gasteiger partial charge in [-0.25, -0.2) is 9.97 Å². The zero-order valence-electron chi connectivity index (χ0n) is 10.5. The number of aliphatic hydroxyl groups is 1. The number of nitrogens with two attached hydrogens (primary N) is 1. The normalized spacial score (nSPS) is 17.3. The predicted molar refractivity (Wildman–Crippen MR) is 70.5 cm³/mol. The van der Waals surface area contributed by atoms with Gasteiger partial charge in [0.25, 0.3) is 5.91 Å². The van der Waals surface area contributed by atoms with Crippen molar-refractivity contribution in [1.29, 1.82) is 0 Å². The molecule has 2 aromatic rings. The maximum absolute atomic E-state index is 12.2. The summed E-state index contributed by atoms with van der Waals surface area (Å²) in [5, 5.41) is 10.4. The fraction of sp³-hybridized carbons (Fsp3) is 0.308. The summed E-state index contributed by atoms with van der Waals surface area (Å²) in [7, 11) is 0. The monoisotopic (exact) mass is 258 g/mol. The molecule has 1 aliphatic rings. The fourth-order valence-corrected chi connectivity index (χ4v) is 2.31. The number of carbonyl (C=O) groups excluding carboxylic acids is 1. The Hall–Kier alpha value is -2.21. The number of anilines is 1. The van der Waals surface area contributed by atoms with Crippen LogP contribution in [-0.2, 0) is 0 Å². The average molecular weight is 258 g/mol. The van der Waals surface area contributed by atoms with Gasteiger partial charge < -0.3 is 15.7 Å². The molecule has 0 saturated carbocycles. The van der Waals surface area contributed by atoms with Crippen LogP contribution >= 0.6 is 0 Å². The average Bonchev–Trinajstić information content (AvgIpc) is 2.35. The molecule has 98 valence electrons. The van der Waals surface area contributed by atoms with Crippen molar-refractivity contribution in [3.05, 3.63) is 30.1 Å². The van der Waals surface area contributed by atoms with E-state index in [9.17, 15) is 9.90 Å². The maximum atomic E-state index is 12.2. The van der Waals surface area contributed by atoms with E-state index in [1.165, 1.54) is 6.33 Å². The Morgan fingerprint density at radius 1 is 1.42 bits per heavy atom. The van der Waals surface area contributed by atoms with E-state index in [0.29, 0.717) is 30.0 Å². The topological polar surface area (TPSA) is 92.3 Å². The zero-order valence-corrected chi connectivity index (χ0v) is 10.5. The molecule has 1 aromatic carbocycles. The smallest absolute Gasteiger partial charge is 0.254 e. The number of carbonyl (C=O) groups is 1. The van der Waals surface area contributed by atoms with Gasteiger partial charge >= 0.3 is 0 Å². The van der Waals surface area contributed by atoms with E-state index >= 15 is 0 Å². The Labute approximate surface area is 109 Å². The molecule has 0 bridgehead atoms. The Morgan fingerprint density at radius 2 is 2.16 bits per heavy atom. The first-order chi connectivity index (χ1) is 8.96. The highest BCUT2D eigenvalue weighted by Gasteiger charge is 2.39. The first kappa shape index (κ1) is 11.9. The molecule has 1 fully saturated rings. The van der Waals surface area contributed by atoms with Crippen molar-refractivity contribution in [2.75, 3.05) is 18.8 Å². The molecular weight excluding hydrogens is 244 g/mol. The molecule has 1 aromatic heterocycles. The number of fused-ring (bicyclic) bond motifs is 1. The molecule has 1 amide bonds. The van der Waals surface area contributed by atoms with Gasteiger partial charge in [-0.1, -0.05) is 0 Å². The third kappa shape index (κ3) is 2.00. The minimum Gasteiger partial charge on any atom is -0.386 e. The lowest BCUT2D eigenvalue weighted by Crippen LogP contribution is -2.61. The molecule has 1 saturated heterocycles. The van der Waals surface area contributed by atoms with E-state index in [-0.39, 0.29) is 5.91 Å². The number of aromatic nitrogens is 2. The molecule has 3 N–H and O–H groups in total. The first-order valence-corrected chi connectivity index (χ1v) is 5.98. The number of nitrogen functional groups attached to an aromatic ring is 1. The van der Waals surface area contributed by atoms with Crippen LogP contribution < -0.4 is 5.73 Å². The number of β-amino-alcohol motifs (C(OH)–C–C–N with tert-alkyl or cyclic N) is 1. The standard InChI is InChI=1S/C13H14N4O2/c1-13(19)5-17(6-13)12(18)8-2-3-9-10(4-8)15-7-16-11(9)14/h2-4,7,19H,5-6H2,1H3,(H2,14,15,16). The van der Waals surface area contributed by atoms with E-state index in [2.05, 4.69) is 9.97 Å². The molecule has 19 heavy (non-hydrogen) atoms. The number of amides is 1. The number of likely N-dealkylation sites (tertiary alicyclic amines) is 1. The lowest BCUT2D eigenvalue weighted by atomic mass is 9.96. The molecule has 0 spiro atoms. The minimum absolute atomic E-state index is 0.106. The molecule has 0 unspecified atom stereocenters. The summed E-state index contributed by atoms with van der Waals surface area (Å²) in [5.74, 6) is 0.293. The van der Waals surface area contributed by atoms with E-state index in [1.54, 1.807) is 30.0 Å². The highest BCUT2D eigenvalue weighted by atomic mass is 16.3. The van der Waals surface area contributed by atoms with Crippen molar-refractivity contribution < 1.29 is 9.90 Å². The second-order valence-electron chi connectivity index (χ2n) is 5.15. The molecule has 1 aliphatic heterocycles. The largest absolute Gasteiger partial charge is 0.386 e. The van der Waals surface area contributed by atoms with Crippen molar-refractivity contribution in [3.63, 3.8) is 0 Å². The SMILES string of the molecule is CC1(O)CN(C(=O)c2ccc3c(N)ncnc3c2)C1. The number of hydrogen-bond donors (Lipinski definition) is 2. The van der Waals surface area contributed by atoms with Crippen LogP contribution in [0.2, 0.25) is 0 Å². The van der Waals surface area contributed by atoms with E-state index in [1.807, 2.05) is 0 Å². The van der Waals surface area contributed by atoms with E-state index in [0.717, 1.165) is 5.39 Å². The van der Waals surface area contributed by atoms with Gasteiger partial charge in [-0.15, -0.1) is 0 Å². The van der Waals surface area contributed by atoms with Gasteiger partial charge in [0.15, 0.2) is 0 Å². The van der Waals surface area contributed by atoms with Gasteiger partial charge in [0.1, 0.15) is 12.1 Å². The molecule has 0 atom stereocenters. The summed E-state index contributed by atoms with van der Waals surface area (Å²) >= 11 is 0. The summed E-state index contributed by atoms with van der Waals surface area (Å²) in [6, 6.07) is 5.15. The first-order valence-electron chi connectivity index (χ1n) is 5.98. The van der Waals surface area contributed by atoms with Crippen LogP contribution in [0.4, 0.5) is 5.82 Å². The van der Waals surface area contributed by atoms with Crippen molar-refractivity contribution in [1.82, 2.24) is 14.9 Å². The third-order valence-corrected chi connectivity index (χ3v) is 3.26. The Bertz CT molecular complexity index is 661. The van der Waals surface area contributed by atoms with Gasteiger partial charge in [0.2, 0.25) is 0 Å². The number of benzene rings is 1. The summed E-state index contributed by atoms with van der Waals surface area (Å²) in [6.07, 6.45) is 1.38. The minimum atomic E-state index is -0.765. The molecular formula is C13H14N4O2. The molecule has 6 heteroatoms. The van der Waals surface area contributed by atoms with Crippen LogP contribution in [0.3, 0.4) is 0 Å². The van der Waals surface area contributed by atoms with Crippen LogP contribution in [-0.4, -0.2) is 44.6 Å². The fourth-order valence-electron chi connectivity index (χ4n) is 2.31. The lowest BCUT2D eigenvalue weighted by molar-refractivity contribution is -0.0668. The third-order valence-electron chi connectivity index (χ3n) is 3.26. The molecule has 6 nitrogen and oxygen atoms in total. The summed E-state index contributed by atoms with van der Waals surface area (Å²) < 4.78 is 0. The van der Waals surface area contributed by atoms with Gasteiger partial charge in [0, 0.05) is 10.9 Å². The predicted octanol–water partition coefficient (Wildman–Crippen LogP) is 0.419. The highest BCUT2D eigenvalue weighted by molar-refractivity contribution is 5.99. The molecule has 0 radical (unpaired) electrons. The van der Waals surface area contributed by atoms with Crippen LogP contribution in [0.25, 0.3) is 10.9 Å². The van der Waals surface area contributed by atoms with E-state index in [4.69, 9.17) is 5.73 Å². The van der Waals surface area contributed by atoms with Crippen LogP contribution in [0.15, 0.2) is 24.5 Å². The van der Waals surface area contributed by atoms with Crippen molar-refractivity contribution in [3.8, 4) is 0 Å². The second kappa shape index (κ2) is 3.89. The molecule has 2 heterocycles. The number of nitrogens with zero attached hydrogens (tertiary/aromatic N) is 3. The van der Waals surface area contributed by atoms with Crippen LogP contribution in [0.5, 0.6) is 0 Å². The maximum Gasteiger partial charge on any atom is 0.254 e. The summed E-state index contributed by atoms with van der Waals surface area (Å²) in [5.41, 5.74) is 6.16. The Balaban J connectivity index is 1.92. The zero-order chi connectivity index (χ0) is 13.6. The Kier molecular flexibility index (Phi) is 2.43. The molecule has 3 rings (SSSR count). The number of hydrogen-bond acceptors (Lipinski definition) is 5. The lowest BCUT2D eigenvalue weighted by Gasteiger charge is -2.44. The van der Waals surface area contributed by atoms with Gasteiger partial charge in [-0.3, -0.25) is 4.79 Å². The van der Waals surface area contributed by atoms with Crippen LogP contribution in [0, 0.1) is 0 Å². The highest BCUT2D eigenvalue weighted by Crippen LogP contribution is 2.24. The quantitative estimate of drug-likeness (QED) is 0.773. The number of rotatable bonds is 1. The van der Waals surface area contributed by atoms with Crippen molar-refractivity contribution in [2.24, 2.45) is 0 Å². The molecule has 0 aliphatic carbocycles. The second-order valence-corrected chi connectivity index (χ2v) is 5.15. The summed E-state index contributed by atoms with van der Waals surface area (Å²) in [6.45, 7) is 2.43. The Morgan fingerprint density at radius 3 is 2.84 bits per heavy atom. The van der Waals surface area contributed by atoms with Gasteiger partial charge in [-0.05, 0) is 25.1 Å². The van der Waals surface area contributed by atoms with E-state index < -0.39 is 5.60 Å². The van der Waals surface area contributed by atoms with Crippen molar-refractivity contribution in [2.45, 2.75) is 12.5 Å².